The minimum Gasteiger partial charge on any atom is -0.484 e. The Morgan fingerprint density at radius 2 is 1.88 bits per heavy atom. The summed E-state index contributed by atoms with van der Waals surface area (Å²) >= 11 is 6.01. The predicted molar refractivity (Wildman–Crippen MR) is 130 cm³/mol. The third kappa shape index (κ3) is 7.05. The molecule has 3 rings (SSSR count). The number of aromatic nitrogens is 1. The van der Waals surface area contributed by atoms with Crippen molar-refractivity contribution >= 4 is 44.1 Å². The van der Waals surface area contributed by atoms with Gasteiger partial charge in [0, 0.05) is 41.4 Å². The Morgan fingerprint density at radius 1 is 1.12 bits per heavy atom. The molecular weight excluding hydrogens is 464 g/mol. The van der Waals surface area contributed by atoms with Crippen molar-refractivity contribution in [2.24, 2.45) is 0 Å². The number of carbonyl (C=O) groups is 1. The summed E-state index contributed by atoms with van der Waals surface area (Å²) < 4.78 is 32.6. The molecule has 33 heavy (non-hydrogen) atoms. The van der Waals surface area contributed by atoms with Crippen molar-refractivity contribution in [2.75, 3.05) is 25.0 Å². The van der Waals surface area contributed by atoms with Crippen LogP contribution >= 0.6 is 11.6 Å². The smallest absolute Gasteiger partial charge is 0.258 e. The molecule has 0 aliphatic heterocycles. The first-order valence-corrected chi connectivity index (χ1v) is 12.4. The molecule has 1 amide bonds. The first kappa shape index (κ1) is 24.8. The molecule has 0 saturated heterocycles. The number of ether oxygens (including phenoxy) is 1. The maximum absolute atomic E-state index is 12.3. The Kier molecular flexibility index (Phi) is 8.49. The summed E-state index contributed by atoms with van der Waals surface area (Å²) in [5.74, 6) is 0.131. The summed E-state index contributed by atoms with van der Waals surface area (Å²) in [5, 5.41) is 7.62. The molecule has 0 unspecified atom stereocenters. The van der Waals surface area contributed by atoms with E-state index in [1.165, 1.54) is 24.3 Å². The van der Waals surface area contributed by atoms with Gasteiger partial charge in [0.05, 0.1) is 10.4 Å². The average molecular weight is 491 g/mol. The van der Waals surface area contributed by atoms with Gasteiger partial charge < -0.3 is 15.4 Å². The Morgan fingerprint density at radius 3 is 2.61 bits per heavy atom. The molecule has 1 aromatic heterocycles. The van der Waals surface area contributed by atoms with Crippen molar-refractivity contribution < 1.29 is 17.9 Å². The maximum atomic E-state index is 12.3. The number of hydrogen-bond acceptors (Lipinski definition) is 6. The van der Waals surface area contributed by atoms with E-state index in [1.807, 2.05) is 19.1 Å². The SMILES string of the molecule is CC[C@@H](C)NS(=O)(=O)c1ccc(OCC(=O)NCCNc2ccnc3cc(Cl)ccc23)cc1. The molecule has 3 N–H and O–H groups in total. The van der Waals surface area contributed by atoms with E-state index in [1.54, 1.807) is 25.3 Å². The Balaban J connectivity index is 1.43. The molecule has 8 nitrogen and oxygen atoms in total. The van der Waals surface area contributed by atoms with Gasteiger partial charge in [0.15, 0.2) is 6.61 Å². The zero-order valence-electron chi connectivity index (χ0n) is 18.5. The second-order valence-electron chi connectivity index (χ2n) is 7.49. The van der Waals surface area contributed by atoms with Gasteiger partial charge in [-0.1, -0.05) is 18.5 Å². The molecular formula is C23H27ClN4O4S. The number of anilines is 1. The molecule has 176 valence electrons. The van der Waals surface area contributed by atoms with E-state index < -0.39 is 10.0 Å². The first-order valence-electron chi connectivity index (χ1n) is 10.6. The summed E-state index contributed by atoms with van der Waals surface area (Å²) in [7, 11) is -3.58. The molecule has 0 spiro atoms. The number of sulfonamides is 1. The van der Waals surface area contributed by atoms with E-state index >= 15 is 0 Å². The van der Waals surface area contributed by atoms with Crippen LogP contribution in [0.2, 0.25) is 5.02 Å². The third-order valence-electron chi connectivity index (χ3n) is 4.94. The van der Waals surface area contributed by atoms with E-state index in [2.05, 4.69) is 20.3 Å². The van der Waals surface area contributed by atoms with Crippen molar-refractivity contribution in [3.05, 3.63) is 59.8 Å². The number of nitrogens with one attached hydrogen (secondary N) is 3. The number of rotatable bonds is 11. The minimum absolute atomic E-state index is 0.150. The first-order chi connectivity index (χ1) is 15.8. The quantitative estimate of drug-likeness (QED) is 0.354. The maximum Gasteiger partial charge on any atom is 0.258 e. The number of benzene rings is 2. The summed E-state index contributed by atoms with van der Waals surface area (Å²) in [6.45, 7) is 4.45. The molecule has 1 atom stereocenters. The van der Waals surface area contributed by atoms with Gasteiger partial charge in [-0.2, -0.15) is 0 Å². The standard InChI is InChI=1S/C23H27ClN4O4S/c1-3-16(2)28-33(30,31)19-7-5-18(6-8-19)32-15-23(29)27-13-12-26-21-10-11-25-22-14-17(24)4-9-20(21)22/h4-11,14,16,28H,3,12-13,15H2,1-2H3,(H,25,26)(H,27,29)/t16-/m1/s1. The van der Waals surface area contributed by atoms with Crippen molar-refractivity contribution in [3.8, 4) is 5.75 Å². The number of hydrogen-bond donors (Lipinski definition) is 3. The van der Waals surface area contributed by atoms with E-state index in [9.17, 15) is 13.2 Å². The largest absolute Gasteiger partial charge is 0.484 e. The van der Waals surface area contributed by atoms with Crippen LogP contribution in [0.5, 0.6) is 5.75 Å². The lowest BCUT2D eigenvalue weighted by molar-refractivity contribution is -0.123. The van der Waals surface area contributed by atoms with Crippen LogP contribution < -0.4 is 20.1 Å². The normalized spacial score (nSPS) is 12.3. The van der Waals surface area contributed by atoms with Gasteiger partial charge in [0.1, 0.15) is 5.75 Å². The van der Waals surface area contributed by atoms with Crippen molar-refractivity contribution in [2.45, 2.75) is 31.2 Å². The number of nitrogens with zero attached hydrogens (tertiary/aromatic N) is 1. The zero-order valence-corrected chi connectivity index (χ0v) is 20.0. The molecule has 0 bridgehead atoms. The van der Waals surface area contributed by atoms with Crippen molar-refractivity contribution in [1.29, 1.82) is 0 Å². The summed E-state index contributed by atoms with van der Waals surface area (Å²) in [5.41, 5.74) is 1.69. The van der Waals surface area contributed by atoms with Crippen LogP contribution in [0.25, 0.3) is 10.9 Å². The average Bonchev–Trinajstić information content (AvgIpc) is 2.80. The fourth-order valence-electron chi connectivity index (χ4n) is 3.01. The highest BCUT2D eigenvalue weighted by Gasteiger charge is 2.16. The Labute approximate surface area is 198 Å². The lowest BCUT2D eigenvalue weighted by Gasteiger charge is -2.13. The lowest BCUT2D eigenvalue weighted by Crippen LogP contribution is -2.32. The topological polar surface area (TPSA) is 109 Å². The van der Waals surface area contributed by atoms with Crippen LogP contribution in [0.1, 0.15) is 20.3 Å². The second kappa shape index (κ2) is 11.3. The van der Waals surface area contributed by atoms with Crippen LogP contribution in [0.3, 0.4) is 0 Å². The molecule has 0 aliphatic rings. The summed E-state index contributed by atoms with van der Waals surface area (Å²) in [6.07, 6.45) is 2.39. The van der Waals surface area contributed by atoms with E-state index in [-0.39, 0.29) is 23.5 Å². The Hall–Kier alpha value is -2.88. The van der Waals surface area contributed by atoms with Gasteiger partial charge >= 0.3 is 0 Å². The van der Waals surface area contributed by atoms with Crippen LogP contribution in [-0.2, 0) is 14.8 Å². The molecule has 0 aliphatic carbocycles. The molecule has 0 radical (unpaired) electrons. The van der Waals surface area contributed by atoms with Gasteiger partial charge in [-0.15, -0.1) is 0 Å². The predicted octanol–water partition coefficient (Wildman–Crippen LogP) is 3.57. The fourth-order valence-corrected chi connectivity index (χ4v) is 4.50. The number of fused-ring (bicyclic) bond motifs is 1. The molecule has 2 aromatic carbocycles. The van der Waals surface area contributed by atoms with Gasteiger partial charge in [-0.3, -0.25) is 9.78 Å². The number of amides is 1. The van der Waals surface area contributed by atoms with Crippen LogP contribution in [0.4, 0.5) is 5.69 Å². The molecule has 3 aromatic rings. The van der Waals surface area contributed by atoms with Gasteiger partial charge in [-0.25, -0.2) is 13.1 Å². The van der Waals surface area contributed by atoms with E-state index in [4.69, 9.17) is 16.3 Å². The van der Waals surface area contributed by atoms with Gasteiger partial charge in [0.2, 0.25) is 10.0 Å². The number of halogens is 1. The molecule has 0 fully saturated rings. The summed E-state index contributed by atoms with van der Waals surface area (Å²) in [4.78, 5) is 16.5. The van der Waals surface area contributed by atoms with Crippen LogP contribution in [0.15, 0.2) is 59.6 Å². The van der Waals surface area contributed by atoms with Gasteiger partial charge in [0.25, 0.3) is 5.91 Å². The highest BCUT2D eigenvalue weighted by molar-refractivity contribution is 7.89. The van der Waals surface area contributed by atoms with Crippen LogP contribution in [0, 0.1) is 0 Å². The van der Waals surface area contributed by atoms with E-state index in [0.717, 1.165) is 16.6 Å². The zero-order chi connectivity index (χ0) is 23.8. The molecule has 1 heterocycles. The number of carbonyl (C=O) groups excluding carboxylic acids is 1. The highest BCUT2D eigenvalue weighted by atomic mass is 35.5. The fraction of sp³-hybridized carbons (Fsp3) is 0.304. The third-order valence-corrected chi connectivity index (χ3v) is 6.78. The lowest BCUT2D eigenvalue weighted by atomic mass is 10.2. The molecule has 0 saturated carbocycles. The summed E-state index contributed by atoms with van der Waals surface area (Å²) in [6, 6.07) is 13.2. The van der Waals surface area contributed by atoms with Crippen molar-refractivity contribution in [3.63, 3.8) is 0 Å². The monoisotopic (exact) mass is 490 g/mol. The number of pyridine rings is 1. The van der Waals surface area contributed by atoms with E-state index in [0.29, 0.717) is 30.3 Å². The van der Waals surface area contributed by atoms with Crippen molar-refractivity contribution in [1.82, 2.24) is 15.0 Å². The Bertz CT molecular complexity index is 1200. The minimum atomic E-state index is -3.58. The highest BCUT2D eigenvalue weighted by Crippen LogP contribution is 2.24. The molecule has 10 heteroatoms. The second-order valence-corrected chi connectivity index (χ2v) is 9.64. The van der Waals surface area contributed by atoms with Gasteiger partial charge in [-0.05, 0) is 61.9 Å². The van der Waals surface area contributed by atoms with Crippen LogP contribution in [-0.4, -0.2) is 45.0 Å².